The fourth-order valence-corrected chi connectivity index (χ4v) is 3.32. The molecule has 8 heteroatoms. The summed E-state index contributed by atoms with van der Waals surface area (Å²) in [6.07, 6.45) is 13.7. The zero-order chi connectivity index (χ0) is 17.4. The maximum absolute atomic E-state index is 11.7. The van der Waals surface area contributed by atoms with Crippen LogP contribution in [0.3, 0.4) is 0 Å². The first-order valence-electron chi connectivity index (χ1n) is 8.17. The Balaban J connectivity index is 1.63. The molecule has 4 heterocycles. The highest BCUT2D eigenvalue weighted by Gasteiger charge is 2.31. The van der Waals surface area contributed by atoms with Gasteiger partial charge < -0.3 is 19.7 Å². The third-order valence-electron chi connectivity index (χ3n) is 4.56. The number of anilines is 2. The number of hydrazine groups is 1. The lowest BCUT2D eigenvalue weighted by Crippen LogP contribution is -2.41. The summed E-state index contributed by atoms with van der Waals surface area (Å²) in [7, 11) is 0. The molecule has 0 saturated carbocycles. The largest absolute Gasteiger partial charge is 0.344 e. The van der Waals surface area contributed by atoms with Crippen molar-refractivity contribution < 1.29 is 4.79 Å². The number of hydrogen-bond donors (Lipinski definition) is 1. The van der Waals surface area contributed by atoms with Gasteiger partial charge in [-0.3, -0.25) is 5.01 Å². The number of aromatic nitrogens is 4. The minimum Gasteiger partial charge on any atom is -0.344 e. The Morgan fingerprint density at radius 2 is 1.92 bits per heavy atom. The van der Waals surface area contributed by atoms with E-state index in [1.165, 1.54) is 6.33 Å². The van der Waals surface area contributed by atoms with Crippen LogP contribution in [-0.2, 0) is 4.79 Å². The van der Waals surface area contributed by atoms with Gasteiger partial charge in [0.1, 0.15) is 18.2 Å². The third kappa shape index (κ3) is 2.55. The molecule has 0 saturated heterocycles. The molecule has 2 aromatic rings. The highest BCUT2D eigenvalue weighted by atomic mass is 16.1. The highest BCUT2D eigenvalue weighted by molar-refractivity contribution is 5.83. The van der Waals surface area contributed by atoms with Gasteiger partial charge in [-0.1, -0.05) is 12.2 Å². The number of carbonyl (C=O) groups excluding carboxylic acids is 1. The molecule has 128 valence electrons. The van der Waals surface area contributed by atoms with Crippen LogP contribution in [0.15, 0.2) is 49.5 Å². The molecule has 0 aliphatic carbocycles. The molecule has 0 fully saturated rings. The van der Waals surface area contributed by atoms with Gasteiger partial charge in [0.15, 0.2) is 12.1 Å². The third-order valence-corrected chi connectivity index (χ3v) is 4.56. The van der Waals surface area contributed by atoms with E-state index in [0.29, 0.717) is 5.82 Å². The Hall–Kier alpha value is -3.16. The Morgan fingerprint density at radius 3 is 2.60 bits per heavy atom. The molecule has 2 aromatic heterocycles. The molecule has 8 nitrogen and oxygen atoms in total. The zero-order valence-corrected chi connectivity index (χ0v) is 14.0. The van der Waals surface area contributed by atoms with Crippen molar-refractivity contribution in [3.63, 3.8) is 0 Å². The molecular formula is C17H19N7O. The van der Waals surface area contributed by atoms with E-state index in [1.807, 2.05) is 10.6 Å². The minimum absolute atomic E-state index is 0.269. The summed E-state index contributed by atoms with van der Waals surface area (Å²) < 4.78 is 1.81. The number of hydrogen-bond acceptors (Lipinski definition) is 7. The molecular weight excluding hydrogens is 318 g/mol. The van der Waals surface area contributed by atoms with E-state index in [1.54, 1.807) is 29.9 Å². The van der Waals surface area contributed by atoms with Crippen molar-refractivity contribution in [2.75, 3.05) is 9.91 Å². The lowest BCUT2D eigenvalue weighted by atomic mass is 10.2. The van der Waals surface area contributed by atoms with Crippen LogP contribution in [0.5, 0.6) is 0 Å². The molecule has 4 rings (SSSR count). The van der Waals surface area contributed by atoms with Crippen molar-refractivity contribution in [1.82, 2.24) is 24.9 Å². The van der Waals surface area contributed by atoms with Crippen molar-refractivity contribution >= 4 is 23.6 Å². The van der Waals surface area contributed by atoms with E-state index in [4.69, 9.17) is 0 Å². The van der Waals surface area contributed by atoms with E-state index in [9.17, 15) is 4.79 Å². The van der Waals surface area contributed by atoms with E-state index in [2.05, 4.69) is 51.3 Å². The zero-order valence-electron chi connectivity index (χ0n) is 14.0. The minimum atomic E-state index is -0.497. The summed E-state index contributed by atoms with van der Waals surface area (Å²) in [5.41, 5.74) is 3.91. The smallest absolute Gasteiger partial charge is 0.153 e. The normalized spacial score (nSPS) is 25.2. The van der Waals surface area contributed by atoms with Crippen molar-refractivity contribution in [1.29, 1.82) is 0 Å². The van der Waals surface area contributed by atoms with Gasteiger partial charge in [0.2, 0.25) is 0 Å². The molecule has 1 N–H and O–H groups in total. The van der Waals surface area contributed by atoms with Crippen LogP contribution in [0.1, 0.15) is 13.8 Å². The molecule has 25 heavy (non-hydrogen) atoms. The quantitative estimate of drug-likeness (QED) is 0.664. The van der Waals surface area contributed by atoms with E-state index < -0.39 is 6.04 Å². The maximum atomic E-state index is 11.7. The molecule has 0 radical (unpaired) electrons. The second-order valence-electron chi connectivity index (χ2n) is 6.13. The summed E-state index contributed by atoms with van der Waals surface area (Å²) in [6.45, 7) is 4.26. The van der Waals surface area contributed by atoms with Crippen LogP contribution in [-0.4, -0.2) is 43.9 Å². The Labute approximate surface area is 145 Å². The van der Waals surface area contributed by atoms with Gasteiger partial charge >= 0.3 is 0 Å². The van der Waals surface area contributed by atoms with Crippen LogP contribution in [0.2, 0.25) is 0 Å². The number of carbonyl (C=O) groups is 1. The van der Waals surface area contributed by atoms with Crippen molar-refractivity contribution in [3.05, 3.63) is 49.5 Å². The van der Waals surface area contributed by atoms with E-state index >= 15 is 0 Å². The first-order chi connectivity index (χ1) is 12.2. The van der Waals surface area contributed by atoms with Crippen LogP contribution in [0.4, 0.5) is 11.6 Å². The van der Waals surface area contributed by atoms with Crippen LogP contribution in [0, 0.1) is 0 Å². The Kier molecular flexibility index (Phi) is 3.72. The second-order valence-corrected chi connectivity index (χ2v) is 6.13. The molecule has 0 aromatic carbocycles. The number of imidazole rings is 1. The fraction of sp³-hybridized carbons (Fsp3) is 0.294. The van der Waals surface area contributed by atoms with Crippen molar-refractivity contribution in [2.45, 2.75) is 32.0 Å². The number of aldehydes is 1. The molecule has 3 atom stereocenters. The predicted molar refractivity (Wildman–Crippen MR) is 94.5 cm³/mol. The first kappa shape index (κ1) is 15.4. The lowest BCUT2D eigenvalue weighted by molar-refractivity contribution is -0.108. The van der Waals surface area contributed by atoms with Crippen molar-refractivity contribution in [2.24, 2.45) is 0 Å². The van der Waals surface area contributed by atoms with Crippen LogP contribution >= 0.6 is 0 Å². The molecule has 2 aliphatic rings. The molecule has 0 bridgehead atoms. The Bertz CT molecular complexity index is 817. The van der Waals surface area contributed by atoms with Crippen LogP contribution < -0.4 is 15.3 Å². The first-order valence-corrected chi connectivity index (χ1v) is 8.17. The average Bonchev–Trinajstić information content (AvgIpc) is 3.34. The van der Waals surface area contributed by atoms with Crippen molar-refractivity contribution in [3.8, 4) is 0 Å². The summed E-state index contributed by atoms with van der Waals surface area (Å²) in [6, 6.07) is 1.94. The van der Waals surface area contributed by atoms with E-state index in [-0.39, 0.29) is 12.1 Å². The lowest BCUT2D eigenvalue weighted by Gasteiger charge is -2.29. The summed E-state index contributed by atoms with van der Waals surface area (Å²) in [5, 5.41) is 1.73. The average molecular weight is 337 g/mol. The topological polar surface area (TPSA) is 79.2 Å². The van der Waals surface area contributed by atoms with Gasteiger partial charge in [-0.05, 0) is 13.8 Å². The van der Waals surface area contributed by atoms with Gasteiger partial charge in [-0.2, -0.15) is 0 Å². The van der Waals surface area contributed by atoms with Gasteiger partial charge in [-0.15, -0.1) is 0 Å². The number of rotatable bonds is 4. The molecule has 2 aliphatic heterocycles. The maximum Gasteiger partial charge on any atom is 0.153 e. The molecule has 0 amide bonds. The van der Waals surface area contributed by atoms with E-state index in [0.717, 1.165) is 17.8 Å². The van der Waals surface area contributed by atoms with Gasteiger partial charge in [0, 0.05) is 36.7 Å². The summed E-state index contributed by atoms with van der Waals surface area (Å²) in [4.78, 5) is 26.7. The monoisotopic (exact) mass is 337 g/mol. The Morgan fingerprint density at radius 1 is 1.16 bits per heavy atom. The number of nitrogens with zero attached hydrogens (tertiary/aromatic N) is 6. The predicted octanol–water partition coefficient (Wildman–Crippen LogP) is 1.22. The highest BCUT2D eigenvalue weighted by Crippen LogP contribution is 2.28. The molecule has 3 unspecified atom stereocenters. The second kappa shape index (κ2) is 6.04. The van der Waals surface area contributed by atoms with Gasteiger partial charge in [0.25, 0.3) is 0 Å². The van der Waals surface area contributed by atoms with Crippen LogP contribution in [0.25, 0.3) is 5.70 Å². The summed E-state index contributed by atoms with van der Waals surface area (Å²) in [5.74, 6) is 1.47. The standard InChI is InChI=1S/C17H19N7O/c1-12-3-4-13(2)23(12)16-7-17(20-10-19-16)24-15(9-25)14(8-21-24)22-6-5-18-11-22/h3-13,15,21H,1-2H3. The van der Waals surface area contributed by atoms with Gasteiger partial charge in [0.05, 0.1) is 12.0 Å². The summed E-state index contributed by atoms with van der Waals surface area (Å²) >= 11 is 0. The molecule has 0 spiro atoms. The fourth-order valence-electron chi connectivity index (χ4n) is 3.32. The number of nitrogens with one attached hydrogen (secondary N) is 1. The van der Waals surface area contributed by atoms with Gasteiger partial charge in [-0.25, -0.2) is 15.0 Å². The SMILES string of the molecule is CC1C=CC(C)N1c1cc(N2NC=C(n3ccnc3)C2C=O)ncn1.